The molecule has 1 aliphatic rings. The van der Waals surface area contributed by atoms with Crippen LogP contribution in [-0.2, 0) is 12.1 Å². The molecule has 1 atom stereocenters. The molecule has 2 heterocycles. The fourth-order valence-electron chi connectivity index (χ4n) is 3.22. The summed E-state index contributed by atoms with van der Waals surface area (Å²) >= 11 is 0. The van der Waals surface area contributed by atoms with Crippen molar-refractivity contribution in [3.8, 4) is 0 Å². The first-order chi connectivity index (χ1) is 9.79. The fourth-order valence-corrected chi connectivity index (χ4v) is 3.22. The van der Waals surface area contributed by atoms with E-state index >= 15 is 0 Å². The van der Waals surface area contributed by atoms with Crippen LogP contribution in [0.25, 0.3) is 0 Å². The summed E-state index contributed by atoms with van der Waals surface area (Å²) < 4.78 is 1.71. The molecule has 1 aliphatic carbocycles. The Kier molecular flexibility index (Phi) is 3.78. The normalized spacial score (nSPS) is 19.6. The van der Waals surface area contributed by atoms with E-state index in [-0.39, 0.29) is 5.92 Å². The Hall–Kier alpha value is -1.75. The van der Waals surface area contributed by atoms with Gasteiger partial charge in [0, 0.05) is 18.0 Å². The van der Waals surface area contributed by atoms with Crippen molar-refractivity contribution in [2.45, 2.75) is 44.2 Å². The van der Waals surface area contributed by atoms with Crippen molar-refractivity contribution in [1.29, 1.82) is 0 Å². The first-order valence-electron chi connectivity index (χ1n) is 7.24. The number of nitrogens with zero attached hydrogens (tertiary/aromatic N) is 4. The van der Waals surface area contributed by atoms with Crippen molar-refractivity contribution in [1.82, 2.24) is 19.7 Å². The second-order valence-corrected chi connectivity index (χ2v) is 5.59. The van der Waals surface area contributed by atoms with Gasteiger partial charge < -0.3 is 5.11 Å². The molecule has 2 aromatic rings. The van der Waals surface area contributed by atoms with E-state index in [9.17, 15) is 5.11 Å². The third kappa shape index (κ3) is 2.58. The van der Waals surface area contributed by atoms with Gasteiger partial charge in [-0.1, -0.05) is 25.3 Å². The molecular weight excluding hydrogens is 252 g/mol. The van der Waals surface area contributed by atoms with Gasteiger partial charge in [0.25, 0.3) is 0 Å². The first kappa shape index (κ1) is 13.2. The predicted octanol–water partition coefficient (Wildman–Crippen LogP) is 2.14. The topological polar surface area (TPSA) is 63.8 Å². The molecule has 106 valence electrons. The highest BCUT2D eigenvalue weighted by Gasteiger charge is 2.39. The maximum absolute atomic E-state index is 11.4. The Balaban J connectivity index is 1.93. The Morgan fingerprint density at radius 2 is 2.10 bits per heavy atom. The Labute approximate surface area is 118 Å². The smallest absolute Gasteiger partial charge is 0.137 e. The number of hydrogen-bond donors (Lipinski definition) is 1. The first-order valence-corrected chi connectivity index (χ1v) is 7.24. The molecule has 0 aliphatic heterocycles. The lowest BCUT2D eigenvalue weighted by Crippen LogP contribution is -2.40. The Morgan fingerprint density at radius 3 is 2.75 bits per heavy atom. The molecule has 2 aromatic heterocycles. The predicted molar refractivity (Wildman–Crippen MR) is 74.7 cm³/mol. The second kappa shape index (κ2) is 5.71. The van der Waals surface area contributed by atoms with Gasteiger partial charge in [-0.3, -0.25) is 4.98 Å². The molecule has 1 fully saturated rings. The summed E-state index contributed by atoms with van der Waals surface area (Å²) in [5, 5.41) is 15.5. The third-order valence-electron chi connectivity index (χ3n) is 4.31. The zero-order valence-electron chi connectivity index (χ0n) is 11.5. The van der Waals surface area contributed by atoms with Gasteiger partial charge in [-0.2, -0.15) is 5.10 Å². The zero-order chi connectivity index (χ0) is 13.8. The molecule has 5 nitrogen and oxygen atoms in total. The molecule has 3 rings (SSSR count). The van der Waals surface area contributed by atoms with Gasteiger partial charge >= 0.3 is 0 Å². The van der Waals surface area contributed by atoms with E-state index in [0.29, 0.717) is 6.54 Å². The van der Waals surface area contributed by atoms with Gasteiger partial charge in [0.15, 0.2) is 0 Å². The van der Waals surface area contributed by atoms with Crippen molar-refractivity contribution < 1.29 is 5.11 Å². The standard InChI is InChI=1S/C15H20N4O/c20-15(10-19-12-17-11-18-19,13-5-2-1-3-6-13)14-7-4-8-16-9-14/h4,7-9,11-13,20H,1-3,5-6,10H2/t15-/m1/s1. The molecule has 0 saturated heterocycles. The molecule has 0 radical (unpaired) electrons. The van der Waals surface area contributed by atoms with Crippen molar-refractivity contribution in [3.05, 3.63) is 42.7 Å². The van der Waals surface area contributed by atoms with Crippen LogP contribution in [0.15, 0.2) is 37.2 Å². The van der Waals surface area contributed by atoms with Gasteiger partial charge in [-0.05, 0) is 24.8 Å². The van der Waals surface area contributed by atoms with Crippen molar-refractivity contribution in [2.75, 3.05) is 0 Å². The summed E-state index contributed by atoms with van der Waals surface area (Å²) in [6.07, 6.45) is 12.4. The van der Waals surface area contributed by atoms with Crippen LogP contribution in [0.3, 0.4) is 0 Å². The number of pyridine rings is 1. The van der Waals surface area contributed by atoms with Gasteiger partial charge in [0.2, 0.25) is 0 Å². The van der Waals surface area contributed by atoms with Crippen LogP contribution in [0.2, 0.25) is 0 Å². The quantitative estimate of drug-likeness (QED) is 0.926. The van der Waals surface area contributed by atoms with E-state index in [1.807, 2.05) is 12.1 Å². The van der Waals surface area contributed by atoms with Crippen LogP contribution < -0.4 is 0 Å². The maximum Gasteiger partial charge on any atom is 0.137 e. The number of rotatable bonds is 4. The molecule has 0 bridgehead atoms. The summed E-state index contributed by atoms with van der Waals surface area (Å²) in [6, 6.07) is 3.84. The van der Waals surface area contributed by atoms with E-state index in [2.05, 4.69) is 15.1 Å². The lowest BCUT2D eigenvalue weighted by atomic mass is 9.73. The Morgan fingerprint density at radius 1 is 1.25 bits per heavy atom. The number of aromatic nitrogens is 4. The fraction of sp³-hybridized carbons (Fsp3) is 0.533. The average molecular weight is 272 g/mol. The summed E-state index contributed by atoms with van der Waals surface area (Å²) in [5.41, 5.74) is -0.0371. The van der Waals surface area contributed by atoms with Gasteiger partial charge in [0.05, 0.1) is 6.54 Å². The number of hydrogen-bond acceptors (Lipinski definition) is 4. The molecule has 5 heteroatoms. The minimum atomic E-state index is -0.914. The van der Waals surface area contributed by atoms with E-state index in [1.54, 1.807) is 23.4 Å². The molecule has 0 amide bonds. The van der Waals surface area contributed by atoms with E-state index in [0.717, 1.165) is 18.4 Å². The van der Waals surface area contributed by atoms with E-state index < -0.39 is 5.60 Å². The molecule has 1 N–H and O–H groups in total. The lowest BCUT2D eigenvalue weighted by molar-refractivity contribution is -0.0560. The van der Waals surface area contributed by atoms with Crippen molar-refractivity contribution >= 4 is 0 Å². The highest BCUT2D eigenvalue weighted by Crippen LogP contribution is 2.40. The minimum absolute atomic E-state index is 0.254. The van der Waals surface area contributed by atoms with Crippen LogP contribution in [0, 0.1) is 5.92 Å². The van der Waals surface area contributed by atoms with Gasteiger partial charge in [0.1, 0.15) is 18.3 Å². The Bertz CT molecular complexity index is 522. The van der Waals surface area contributed by atoms with Gasteiger partial charge in [-0.25, -0.2) is 9.67 Å². The maximum atomic E-state index is 11.4. The molecule has 0 aromatic carbocycles. The van der Waals surface area contributed by atoms with Crippen molar-refractivity contribution in [3.63, 3.8) is 0 Å². The molecule has 20 heavy (non-hydrogen) atoms. The van der Waals surface area contributed by atoms with Crippen LogP contribution >= 0.6 is 0 Å². The van der Waals surface area contributed by atoms with Crippen molar-refractivity contribution in [2.24, 2.45) is 5.92 Å². The summed E-state index contributed by atoms with van der Waals surface area (Å²) in [5.74, 6) is 0.254. The SMILES string of the molecule is O[C@@](Cn1cncn1)(c1cccnc1)C1CCCCC1. The van der Waals surface area contributed by atoms with E-state index in [4.69, 9.17) is 0 Å². The molecule has 1 saturated carbocycles. The van der Waals surface area contributed by atoms with Gasteiger partial charge in [-0.15, -0.1) is 0 Å². The molecule has 0 unspecified atom stereocenters. The minimum Gasteiger partial charge on any atom is -0.383 e. The average Bonchev–Trinajstić information content (AvgIpc) is 3.02. The largest absolute Gasteiger partial charge is 0.383 e. The number of aliphatic hydroxyl groups is 1. The molecular formula is C15H20N4O. The third-order valence-corrected chi connectivity index (χ3v) is 4.31. The van der Waals surface area contributed by atoms with Crippen LogP contribution in [0.5, 0.6) is 0 Å². The highest BCUT2D eigenvalue weighted by atomic mass is 16.3. The zero-order valence-corrected chi connectivity index (χ0v) is 11.5. The lowest BCUT2D eigenvalue weighted by Gasteiger charge is -2.38. The van der Waals surface area contributed by atoms with Crippen LogP contribution in [-0.4, -0.2) is 24.9 Å². The van der Waals surface area contributed by atoms with E-state index in [1.165, 1.54) is 25.6 Å². The second-order valence-electron chi connectivity index (χ2n) is 5.59. The van der Waals surface area contributed by atoms with Crippen LogP contribution in [0.1, 0.15) is 37.7 Å². The highest BCUT2D eigenvalue weighted by molar-refractivity contribution is 5.19. The van der Waals surface area contributed by atoms with Crippen LogP contribution in [0.4, 0.5) is 0 Å². The summed E-state index contributed by atoms with van der Waals surface area (Å²) in [4.78, 5) is 8.14. The molecule has 0 spiro atoms. The summed E-state index contributed by atoms with van der Waals surface area (Å²) in [6.45, 7) is 0.434. The monoisotopic (exact) mass is 272 g/mol. The summed E-state index contributed by atoms with van der Waals surface area (Å²) in [7, 11) is 0.